The van der Waals surface area contributed by atoms with Gasteiger partial charge >= 0.3 is 0 Å². The van der Waals surface area contributed by atoms with Crippen molar-refractivity contribution in [1.82, 2.24) is 9.97 Å². The van der Waals surface area contributed by atoms with E-state index in [4.69, 9.17) is 4.74 Å². The molecule has 0 radical (unpaired) electrons. The van der Waals surface area contributed by atoms with E-state index in [9.17, 15) is 14.4 Å². The molecule has 4 aromatic rings. The summed E-state index contributed by atoms with van der Waals surface area (Å²) in [5, 5.41) is 3.08. The summed E-state index contributed by atoms with van der Waals surface area (Å²) in [4.78, 5) is 45.4. The number of nitrogens with zero attached hydrogens (tertiary/aromatic N) is 1. The highest BCUT2D eigenvalue weighted by Gasteiger charge is 2.29. The summed E-state index contributed by atoms with van der Waals surface area (Å²) in [5.41, 5.74) is 2.10. The van der Waals surface area contributed by atoms with Crippen molar-refractivity contribution in [3.05, 3.63) is 87.3 Å². The summed E-state index contributed by atoms with van der Waals surface area (Å²) < 4.78 is 6.12. The number of carbonyl (C=O) groups excluding carboxylic acids is 2. The lowest BCUT2D eigenvalue weighted by Crippen LogP contribution is -2.29. The van der Waals surface area contributed by atoms with Gasteiger partial charge in [-0.1, -0.05) is 35.6 Å². The smallest absolute Gasteiger partial charge is 0.263 e. The molecule has 7 nitrogen and oxygen atoms in total. The molecule has 1 amide bonds. The first kappa shape index (κ1) is 20.1. The molecule has 0 unspecified atom stereocenters. The number of benzene rings is 2. The zero-order valence-electron chi connectivity index (χ0n) is 17.2. The van der Waals surface area contributed by atoms with Gasteiger partial charge in [0.2, 0.25) is 0 Å². The predicted octanol–water partition coefficient (Wildman–Crippen LogP) is 4.16. The third kappa shape index (κ3) is 3.69. The second-order valence-corrected chi connectivity index (χ2v) is 8.68. The lowest BCUT2D eigenvalue weighted by atomic mass is 9.81. The Kier molecular flexibility index (Phi) is 5.07. The third-order valence-corrected chi connectivity index (χ3v) is 6.60. The van der Waals surface area contributed by atoms with Gasteiger partial charge in [0.1, 0.15) is 11.3 Å². The molecular weight excluding hydrogens is 426 g/mol. The van der Waals surface area contributed by atoms with Gasteiger partial charge in [0, 0.05) is 17.7 Å². The van der Waals surface area contributed by atoms with Crippen LogP contribution in [0.1, 0.15) is 44.3 Å². The lowest BCUT2D eigenvalue weighted by Gasteiger charge is -2.24. The number of rotatable bonds is 4. The van der Waals surface area contributed by atoms with Crippen LogP contribution in [0.25, 0.3) is 10.2 Å². The number of thiazole rings is 1. The third-order valence-electron chi connectivity index (χ3n) is 5.65. The quantitative estimate of drug-likeness (QED) is 0.491. The minimum atomic E-state index is -0.585. The molecule has 32 heavy (non-hydrogen) atoms. The van der Waals surface area contributed by atoms with Gasteiger partial charge in [-0.05, 0) is 48.2 Å². The molecule has 0 aliphatic heterocycles. The number of ketones is 1. The van der Waals surface area contributed by atoms with Crippen LogP contribution >= 0.6 is 11.3 Å². The molecule has 1 atom stereocenters. The Morgan fingerprint density at radius 2 is 1.91 bits per heavy atom. The molecule has 0 bridgehead atoms. The van der Waals surface area contributed by atoms with Gasteiger partial charge in [0.05, 0.1) is 17.3 Å². The summed E-state index contributed by atoms with van der Waals surface area (Å²) >= 11 is 1.32. The van der Waals surface area contributed by atoms with Crippen LogP contribution in [0.2, 0.25) is 0 Å². The molecule has 5 rings (SSSR count). The van der Waals surface area contributed by atoms with Gasteiger partial charge in [-0.15, -0.1) is 0 Å². The van der Waals surface area contributed by atoms with Crippen LogP contribution < -0.4 is 15.6 Å². The fourth-order valence-electron chi connectivity index (χ4n) is 4.00. The molecular formula is C24H19N3O4S. The van der Waals surface area contributed by atoms with E-state index in [2.05, 4.69) is 15.3 Å². The Bertz CT molecular complexity index is 1370. The number of fused-ring (bicyclic) bond motifs is 2. The maximum atomic E-state index is 12.9. The van der Waals surface area contributed by atoms with Crippen molar-refractivity contribution in [3.63, 3.8) is 0 Å². The average molecular weight is 446 g/mol. The van der Waals surface area contributed by atoms with Crippen molar-refractivity contribution < 1.29 is 14.3 Å². The van der Waals surface area contributed by atoms with E-state index in [0.29, 0.717) is 29.2 Å². The van der Waals surface area contributed by atoms with Crippen molar-refractivity contribution in [1.29, 1.82) is 0 Å². The highest BCUT2D eigenvalue weighted by Crippen LogP contribution is 2.32. The molecule has 0 fully saturated rings. The summed E-state index contributed by atoms with van der Waals surface area (Å²) in [5.74, 6) is 0.0167. The van der Waals surface area contributed by atoms with Crippen molar-refractivity contribution >= 4 is 38.4 Å². The molecule has 8 heteroatoms. The van der Waals surface area contributed by atoms with Gasteiger partial charge < -0.3 is 9.72 Å². The number of aromatic nitrogens is 2. The highest BCUT2D eigenvalue weighted by molar-refractivity contribution is 7.22. The number of aromatic amines is 1. The zero-order chi connectivity index (χ0) is 22.2. The number of methoxy groups -OCH3 is 1. The molecule has 1 aliphatic rings. The number of anilines is 1. The van der Waals surface area contributed by atoms with E-state index >= 15 is 0 Å². The number of pyridine rings is 1. The molecule has 2 aromatic heterocycles. The fourth-order valence-corrected chi connectivity index (χ4v) is 4.86. The number of ether oxygens (including phenoxy) is 1. The fraction of sp³-hybridized carbons (Fsp3) is 0.167. The number of H-pyrrole nitrogens is 1. The minimum absolute atomic E-state index is 0.0426. The molecule has 2 N–H and O–H groups in total. The molecule has 1 aliphatic carbocycles. The molecule has 160 valence electrons. The highest BCUT2D eigenvalue weighted by atomic mass is 32.1. The average Bonchev–Trinajstić information content (AvgIpc) is 3.20. The topological polar surface area (TPSA) is 101 Å². The van der Waals surface area contributed by atoms with Crippen LogP contribution in [-0.4, -0.2) is 28.8 Å². The Morgan fingerprint density at radius 3 is 2.66 bits per heavy atom. The first-order valence-corrected chi connectivity index (χ1v) is 10.9. The lowest BCUT2D eigenvalue weighted by molar-refractivity contribution is 0.0963. The standard InChI is InChI=1S/C24H19N3O4S/c1-31-15-8-6-13(7-9-15)14-10-19-16(20(28)11-14)12-17(22(29)25-19)23(30)27-24-26-18-4-2-3-5-21(18)32-24/h2-9,12,14H,10-11H2,1H3,(H,25,29)(H,26,27,30)/t14-/m1/s1. The van der Waals surface area contributed by atoms with Crippen molar-refractivity contribution in [2.24, 2.45) is 0 Å². The van der Waals surface area contributed by atoms with Gasteiger partial charge in [0.15, 0.2) is 10.9 Å². The van der Waals surface area contributed by atoms with Gasteiger partial charge in [-0.2, -0.15) is 0 Å². The molecule has 2 aromatic carbocycles. The van der Waals surface area contributed by atoms with E-state index in [0.717, 1.165) is 21.5 Å². The number of para-hydroxylation sites is 1. The van der Waals surface area contributed by atoms with Gasteiger partial charge in [0.25, 0.3) is 11.5 Å². The number of hydrogen-bond donors (Lipinski definition) is 2. The number of nitrogens with one attached hydrogen (secondary N) is 2. The molecule has 0 saturated heterocycles. The molecule has 0 saturated carbocycles. The Hall–Kier alpha value is -3.78. The Morgan fingerprint density at radius 1 is 1.12 bits per heavy atom. The first-order chi connectivity index (χ1) is 15.5. The number of hydrogen-bond acceptors (Lipinski definition) is 6. The monoisotopic (exact) mass is 445 g/mol. The largest absolute Gasteiger partial charge is 0.497 e. The van der Waals surface area contributed by atoms with Crippen molar-refractivity contribution in [2.45, 2.75) is 18.8 Å². The Balaban J connectivity index is 1.41. The van der Waals surface area contributed by atoms with Gasteiger partial charge in [-0.25, -0.2) is 4.98 Å². The molecule has 2 heterocycles. The maximum Gasteiger partial charge on any atom is 0.263 e. The van der Waals surface area contributed by atoms with Crippen LogP contribution in [0.4, 0.5) is 5.13 Å². The second kappa shape index (κ2) is 8.05. The second-order valence-electron chi connectivity index (χ2n) is 7.65. The summed E-state index contributed by atoms with van der Waals surface area (Å²) in [6.45, 7) is 0. The van der Waals surface area contributed by atoms with E-state index in [-0.39, 0.29) is 17.3 Å². The zero-order valence-corrected chi connectivity index (χ0v) is 18.0. The number of Topliss-reactive ketones (excluding diaryl/α,β-unsaturated/α-hetero) is 1. The van der Waals surface area contributed by atoms with E-state index in [1.165, 1.54) is 17.4 Å². The predicted molar refractivity (Wildman–Crippen MR) is 123 cm³/mol. The summed E-state index contributed by atoms with van der Waals surface area (Å²) in [6.07, 6.45) is 0.826. The van der Waals surface area contributed by atoms with E-state index in [1.807, 2.05) is 48.5 Å². The van der Waals surface area contributed by atoms with Crippen molar-refractivity contribution in [2.75, 3.05) is 12.4 Å². The van der Waals surface area contributed by atoms with Crippen LogP contribution in [0.5, 0.6) is 5.75 Å². The van der Waals surface area contributed by atoms with Gasteiger partial charge in [-0.3, -0.25) is 19.7 Å². The minimum Gasteiger partial charge on any atom is -0.497 e. The van der Waals surface area contributed by atoms with Crippen LogP contribution in [0.3, 0.4) is 0 Å². The molecule has 0 spiro atoms. The summed E-state index contributed by atoms with van der Waals surface area (Å²) in [6, 6.07) is 16.5. The van der Waals surface area contributed by atoms with Crippen molar-refractivity contribution in [3.8, 4) is 5.75 Å². The van der Waals surface area contributed by atoms with E-state index < -0.39 is 11.5 Å². The first-order valence-electron chi connectivity index (χ1n) is 10.1. The van der Waals surface area contributed by atoms with E-state index in [1.54, 1.807) is 7.11 Å². The van der Waals surface area contributed by atoms with Crippen LogP contribution in [0, 0.1) is 0 Å². The van der Waals surface area contributed by atoms with Crippen LogP contribution in [-0.2, 0) is 6.42 Å². The number of amides is 1. The number of carbonyl (C=O) groups is 2. The van der Waals surface area contributed by atoms with Crippen LogP contribution in [0.15, 0.2) is 59.4 Å². The Labute approximate surface area is 187 Å². The summed E-state index contributed by atoms with van der Waals surface area (Å²) in [7, 11) is 1.60. The maximum absolute atomic E-state index is 12.9. The SMILES string of the molecule is COc1ccc([C@H]2CC(=O)c3cc(C(=O)Nc4nc5ccccc5s4)c(=O)[nH]c3C2)cc1. The normalized spacial score (nSPS) is 15.4.